The number of nitrogens with one attached hydrogen (secondary N) is 2. The number of hydrogen-bond donors (Lipinski definition) is 3. The number of likely N-dealkylation sites (tertiary alicyclic amines) is 1. The van der Waals surface area contributed by atoms with Gasteiger partial charge in [0, 0.05) is 43.0 Å². The lowest BCUT2D eigenvalue weighted by atomic mass is 9.88. The van der Waals surface area contributed by atoms with Gasteiger partial charge in [-0.15, -0.1) is 0 Å². The predicted octanol–water partition coefficient (Wildman–Crippen LogP) is 2.72. The number of nitrogens with two attached hydrogens (primary N) is 1. The summed E-state index contributed by atoms with van der Waals surface area (Å²) in [6, 6.07) is 10.6. The molecule has 12 nitrogen and oxygen atoms in total. The summed E-state index contributed by atoms with van der Waals surface area (Å²) in [6.07, 6.45) is 3.94. The van der Waals surface area contributed by atoms with Crippen LogP contribution in [0.3, 0.4) is 0 Å². The quantitative estimate of drug-likeness (QED) is 0.239. The Labute approximate surface area is 258 Å². The lowest BCUT2D eigenvalue weighted by molar-refractivity contribution is 0.0598. The molecule has 3 fully saturated rings. The molecule has 3 aliphatic rings. The molecule has 4 N–H and O–H groups in total. The number of esters is 1. The third-order valence-corrected chi connectivity index (χ3v) is 9.43. The van der Waals surface area contributed by atoms with Crippen molar-refractivity contribution in [1.82, 2.24) is 15.5 Å². The molecule has 0 atom stereocenters. The summed E-state index contributed by atoms with van der Waals surface area (Å²) in [5.74, 6) is 0.233. The molecule has 2 saturated heterocycles. The molecule has 0 bridgehead atoms. The molecule has 1 aliphatic carbocycles. The number of carbonyl (C=O) groups is 3. The van der Waals surface area contributed by atoms with Crippen LogP contribution in [0.5, 0.6) is 5.75 Å². The lowest BCUT2D eigenvalue weighted by Crippen LogP contribution is -2.52. The second-order valence-electron chi connectivity index (χ2n) is 11.8. The summed E-state index contributed by atoms with van der Waals surface area (Å²) in [5.41, 5.74) is 3.46. The van der Waals surface area contributed by atoms with Crippen molar-refractivity contribution in [3.05, 3.63) is 58.7 Å². The van der Waals surface area contributed by atoms with E-state index < -0.39 is 10.0 Å². The number of piperidine rings is 1. The fourth-order valence-electron chi connectivity index (χ4n) is 6.03. The van der Waals surface area contributed by atoms with Crippen LogP contribution in [0, 0.1) is 0 Å². The molecule has 2 aliphatic heterocycles. The minimum Gasteiger partial charge on any atom is -0.494 e. The Balaban J connectivity index is 1.19. The number of anilines is 1. The predicted molar refractivity (Wildman–Crippen MR) is 165 cm³/mol. The van der Waals surface area contributed by atoms with Gasteiger partial charge in [-0.25, -0.2) is 23.1 Å². The molecule has 5 rings (SSSR count). The maximum atomic E-state index is 13.0. The second kappa shape index (κ2) is 13.1. The van der Waals surface area contributed by atoms with Gasteiger partial charge >= 0.3 is 12.0 Å². The summed E-state index contributed by atoms with van der Waals surface area (Å²) in [5, 5.41) is 10.9. The van der Waals surface area contributed by atoms with E-state index in [1.165, 1.54) is 7.11 Å². The smallest absolute Gasteiger partial charge is 0.338 e. The topological polar surface area (TPSA) is 160 Å². The summed E-state index contributed by atoms with van der Waals surface area (Å²) in [6.45, 7) is 5.42. The van der Waals surface area contributed by atoms with Crippen LogP contribution in [0.1, 0.15) is 76.8 Å². The number of urea groups is 1. The van der Waals surface area contributed by atoms with Crippen LogP contribution < -0.4 is 25.4 Å². The van der Waals surface area contributed by atoms with Gasteiger partial charge in [0.25, 0.3) is 5.91 Å². The summed E-state index contributed by atoms with van der Waals surface area (Å²) < 4.78 is 33.1. The first-order valence-electron chi connectivity index (χ1n) is 15.1. The van der Waals surface area contributed by atoms with Gasteiger partial charge in [0.05, 0.1) is 37.1 Å². The van der Waals surface area contributed by atoms with Crippen LogP contribution in [0.25, 0.3) is 0 Å². The molecule has 2 heterocycles. The van der Waals surface area contributed by atoms with E-state index in [0.29, 0.717) is 48.2 Å². The van der Waals surface area contributed by atoms with E-state index in [1.807, 2.05) is 13.0 Å². The number of amides is 3. The Morgan fingerprint density at radius 3 is 2.45 bits per heavy atom. The first-order chi connectivity index (χ1) is 21.0. The van der Waals surface area contributed by atoms with E-state index in [0.717, 1.165) is 49.9 Å². The molecule has 13 heteroatoms. The molecule has 2 aromatic rings. The van der Waals surface area contributed by atoms with Crippen LogP contribution in [0.15, 0.2) is 36.4 Å². The average Bonchev–Trinajstić information content (AvgIpc) is 3.80. The zero-order valence-corrected chi connectivity index (χ0v) is 26.1. The largest absolute Gasteiger partial charge is 0.494 e. The number of ether oxygens (including phenoxy) is 2. The van der Waals surface area contributed by atoms with E-state index in [4.69, 9.17) is 14.6 Å². The number of primary sulfonamides is 1. The number of carbonyl (C=O) groups excluding carboxylic acids is 3. The maximum absolute atomic E-state index is 13.0. The molecule has 1 spiro atoms. The normalized spacial score (nSPS) is 18.2. The van der Waals surface area contributed by atoms with Gasteiger partial charge in [-0.3, -0.25) is 14.6 Å². The standard InChI is InChI=1S/C31H41N5O7S/c1-3-43-27-18-26(29(38)42-2)25(21-5-6-21)17-23(27)19-35-14-11-31(12-15-35)20-36(30(39)34-31)24-9-7-22(8-10-24)28(37)33-13-4-16-44(32,40)41/h7-10,17-18,21H,3-6,11-16,19-20H2,1-2H3,(H,33,37)(H,34,39)(H2,32,40,41). The number of sulfonamides is 1. The Morgan fingerprint density at radius 1 is 1.14 bits per heavy atom. The van der Waals surface area contributed by atoms with E-state index >= 15 is 0 Å². The van der Waals surface area contributed by atoms with Crippen LogP contribution >= 0.6 is 0 Å². The molecular formula is C31H41N5O7S. The fourth-order valence-corrected chi connectivity index (χ4v) is 6.57. The highest BCUT2D eigenvalue weighted by Gasteiger charge is 2.45. The van der Waals surface area contributed by atoms with E-state index in [-0.39, 0.29) is 42.2 Å². The van der Waals surface area contributed by atoms with Gasteiger partial charge in [0.1, 0.15) is 5.75 Å². The summed E-state index contributed by atoms with van der Waals surface area (Å²) >= 11 is 0. The van der Waals surface area contributed by atoms with Gasteiger partial charge in [-0.2, -0.15) is 0 Å². The van der Waals surface area contributed by atoms with Crippen molar-refractivity contribution in [2.45, 2.75) is 57.0 Å². The Bertz CT molecular complexity index is 1500. The minimum absolute atomic E-state index is 0.162. The van der Waals surface area contributed by atoms with Crippen molar-refractivity contribution in [2.75, 3.05) is 50.5 Å². The third kappa shape index (κ3) is 7.51. The molecule has 0 aromatic heterocycles. The van der Waals surface area contributed by atoms with Gasteiger partial charge in [-0.05, 0) is 86.9 Å². The number of benzene rings is 2. The SMILES string of the molecule is CCOc1cc(C(=O)OC)c(C2CC2)cc1CN1CCC2(CC1)CN(c1ccc(C(=O)NCCCS(N)(=O)=O)cc1)C(=O)N2. The van der Waals surface area contributed by atoms with Gasteiger partial charge in [0.15, 0.2) is 0 Å². The third-order valence-electron chi connectivity index (χ3n) is 8.57. The van der Waals surface area contributed by atoms with Crippen molar-refractivity contribution >= 4 is 33.6 Å². The zero-order valence-electron chi connectivity index (χ0n) is 25.3. The first kappa shape index (κ1) is 31.7. The molecular weight excluding hydrogens is 586 g/mol. The molecule has 2 aromatic carbocycles. The van der Waals surface area contributed by atoms with Crippen LogP contribution in [0.4, 0.5) is 10.5 Å². The van der Waals surface area contributed by atoms with Crippen molar-refractivity contribution in [2.24, 2.45) is 5.14 Å². The number of methoxy groups -OCH3 is 1. The fraction of sp³-hybridized carbons (Fsp3) is 0.516. The Hall–Kier alpha value is -3.68. The monoisotopic (exact) mass is 627 g/mol. The molecule has 0 unspecified atom stereocenters. The minimum atomic E-state index is -3.56. The summed E-state index contributed by atoms with van der Waals surface area (Å²) in [7, 11) is -2.16. The lowest BCUT2D eigenvalue weighted by Gasteiger charge is -2.39. The van der Waals surface area contributed by atoms with E-state index in [2.05, 4.69) is 21.6 Å². The van der Waals surface area contributed by atoms with Crippen LogP contribution in [-0.2, 0) is 21.3 Å². The van der Waals surface area contributed by atoms with Crippen LogP contribution in [0.2, 0.25) is 0 Å². The van der Waals surface area contributed by atoms with Crippen molar-refractivity contribution in [1.29, 1.82) is 0 Å². The number of rotatable bonds is 12. The molecule has 44 heavy (non-hydrogen) atoms. The highest BCUT2D eigenvalue weighted by Crippen LogP contribution is 2.44. The highest BCUT2D eigenvalue weighted by molar-refractivity contribution is 7.89. The number of nitrogens with zero attached hydrogens (tertiary/aromatic N) is 2. The van der Waals surface area contributed by atoms with Gasteiger partial charge in [-0.1, -0.05) is 0 Å². The molecule has 1 saturated carbocycles. The van der Waals surface area contributed by atoms with Gasteiger partial charge in [0.2, 0.25) is 10.0 Å². The Morgan fingerprint density at radius 2 is 1.84 bits per heavy atom. The van der Waals surface area contributed by atoms with Crippen molar-refractivity contribution in [3.63, 3.8) is 0 Å². The van der Waals surface area contributed by atoms with E-state index in [1.54, 1.807) is 29.2 Å². The van der Waals surface area contributed by atoms with E-state index in [9.17, 15) is 22.8 Å². The molecule has 3 amide bonds. The average molecular weight is 628 g/mol. The molecule has 0 radical (unpaired) electrons. The Kier molecular flexibility index (Phi) is 9.47. The van der Waals surface area contributed by atoms with Gasteiger partial charge < -0.3 is 20.1 Å². The first-order valence-corrected chi connectivity index (χ1v) is 16.8. The molecule has 238 valence electrons. The van der Waals surface area contributed by atoms with Crippen LogP contribution in [-0.4, -0.2) is 82.4 Å². The van der Waals surface area contributed by atoms with Crippen molar-refractivity contribution in [3.8, 4) is 5.75 Å². The highest BCUT2D eigenvalue weighted by atomic mass is 32.2. The maximum Gasteiger partial charge on any atom is 0.338 e. The zero-order chi connectivity index (χ0) is 31.5. The second-order valence-corrected chi connectivity index (χ2v) is 13.6. The number of hydrogen-bond acceptors (Lipinski definition) is 8. The van der Waals surface area contributed by atoms with Crippen molar-refractivity contribution < 1.29 is 32.3 Å². The summed E-state index contributed by atoms with van der Waals surface area (Å²) in [4.78, 5) is 42.0.